The first-order valence-corrected chi connectivity index (χ1v) is 14.3. The van der Waals surface area contributed by atoms with Gasteiger partial charge in [0.1, 0.15) is 12.6 Å². The summed E-state index contributed by atoms with van der Waals surface area (Å²) in [5.74, 6) is -0.758. The molecule has 0 saturated carbocycles. The van der Waals surface area contributed by atoms with Gasteiger partial charge in [0.15, 0.2) is 0 Å². The Bertz CT molecular complexity index is 1340. The van der Waals surface area contributed by atoms with Crippen LogP contribution >= 0.6 is 0 Å². The molecule has 0 unspecified atom stereocenters. The number of carbonyl (C=O) groups is 2. The van der Waals surface area contributed by atoms with Crippen molar-refractivity contribution in [2.45, 2.75) is 64.6 Å². The first-order chi connectivity index (χ1) is 18.0. The second-order valence-electron chi connectivity index (χ2n) is 9.66. The Balaban J connectivity index is 2.01. The van der Waals surface area contributed by atoms with Crippen molar-refractivity contribution < 1.29 is 18.0 Å². The van der Waals surface area contributed by atoms with E-state index in [9.17, 15) is 18.0 Å². The van der Waals surface area contributed by atoms with Crippen molar-refractivity contribution in [3.8, 4) is 0 Å². The molecule has 1 N–H and O–H groups in total. The van der Waals surface area contributed by atoms with E-state index in [2.05, 4.69) is 5.32 Å². The van der Waals surface area contributed by atoms with E-state index in [4.69, 9.17) is 0 Å². The van der Waals surface area contributed by atoms with Crippen LogP contribution < -0.4 is 9.62 Å². The Morgan fingerprint density at radius 2 is 1.53 bits per heavy atom. The van der Waals surface area contributed by atoms with E-state index in [0.717, 1.165) is 27.4 Å². The highest BCUT2D eigenvalue weighted by Gasteiger charge is 2.32. The lowest BCUT2D eigenvalue weighted by atomic mass is 10.1. The van der Waals surface area contributed by atoms with Crippen LogP contribution in [0.25, 0.3) is 0 Å². The van der Waals surface area contributed by atoms with Gasteiger partial charge in [0.2, 0.25) is 11.8 Å². The van der Waals surface area contributed by atoms with Crippen LogP contribution in [0.1, 0.15) is 43.9 Å². The molecule has 0 aliphatic heterocycles. The van der Waals surface area contributed by atoms with E-state index in [-0.39, 0.29) is 23.4 Å². The molecule has 202 valence electrons. The Morgan fingerprint density at radius 3 is 2.13 bits per heavy atom. The van der Waals surface area contributed by atoms with Crippen LogP contribution in [0, 0.1) is 13.8 Å². The van der Waals surface area contributed by atoms with Gasteiger partial charge in [-0.1, -0.05) is 67.1 Å². The topological polar surface area (TPSA) is 86.8 Å². The lowest BCUT2D eigenvalue weighted by molar-refractivity contribution is -0.139. The maximum atomic E-state index is 13.9. The summed E-state index contributed by atoms with van der Waals surface area (Å²) in [5, 5.41) is 2.94. The molecule has 0 aromatic heterocycles. The average Bonchev–Trinajstić information content (AvgIpc) is 2.91. The van der Waals surface area contributed by atoms with Gasteiger partial charge in [0.05, 0.1) is 10.6 Å². The largest absolute Gasteiger partial charge is 0.352 e. The fourth-order valence-electron chi connectivity index (χ4n) is 3.97. The van der Waals surface area contributed by atoms with Gasteiger partial charge in [0, 0.05) is 12.6 Å². The monoisotopic (exact) mass is 535 g/mol. The number of sulfonamides is 1. The standard InChI is InChI=1S/C30H37N3O4S/c1-6-24(4)31-30(35)25(5)32(20-26-17-15-22(2)16-18-26)29(34)21-33(27-12-10-11-23(3)19-27)38(36,37)28-13-8-7-9-14-28/h7-19,24-25H,6,20-21H2,1-5H3,(H,31,35)/t24-,25-/m1/s1. The van der Waals surface area contributed by atoms with Crippen molar-refractivity contribution in [2.24, 2.45) is 0 Å². The predicted octanol–water partition coefficient (Wildman–Crippen LogP) is 4.83. The highest BCUT2D eigenvalue weighted by molar-refractivity contribution is 7.92. The number of amides is 2. The highest BCUT2D eigenvalue weighted by atomic mass is 32.2. The summed E-state index contributed by atoms with van der Waals surface area (Å²) in [5.41, 5.74) is 3.17. The Kier molecular flexibility index (Phi) is 9.69. The van der Waals surface area contributed by atoms with E-state index in [1.165, 1.54) is 17.0 Å². The zero-order valence-electron chi connectivity index (χ0n) is 22.7. The van der Waals surface area contributed by atoms with Crippen molar-refractivity contribution in [1.29, 1.82) is 0 Å². The van der Waals surface area contributed by atoms with Gasteiger partial charge in [-0.05, 0) is 69.5 Å². The Hall–Kier alpha value is -3.65. The molecule has 7 nitrogen and oxygen atoms in total. The van der Waals surface area contributed by atoms with Gasteiger partial charge in [-0.3, -0.25) is 13.9 Å². The van der Waals surface area contributed by atoms with Crippen LogP contribution in [0.5, 0.6) is 0 Å². The number of aryl methyl sites for hydroxylation is 2. The molecule has 3 aromatic rings. The molecule has 0 spiro atoms. The number of nitrogens with one attached hydrogen (secondary N) is 1. The predicted molar refractivity (Wildman–Crippen MR) is 151 cm³/mol. The SMILES string of the molecule is CC[C@@H](C)NC(=O)[C@@H](C)N(Cc1ccc(C)cc1)C(=O)CN(c1cccc(C)c1)S(=O)(=O)c1ccccc1. The van der Waals surface area contributed by atoms with Crippen molar-refractivity contribution in [3.05, 3.63) is 95.6 Å². The first-order valence-electron chi connectivity index (χ1n) is 12.8. The van der Waals surface area contributed by atoms with Crippen LogP contribution in [0.4, 0.5) is 5.69 Å². The number of carbonyl (C=O) groups excluding carboxylic acids is 2. The highest BCUT2D eigenvalue weighted by Crippen LogP contribution is 2.25. The molecule has 0 fully saturated rings. The minimum atomic E-state index is -4.06. The Morgan fingerprint density at radius 1 is 0.868 bits per heavy atom. The summed E-state index contributed by atoms with van der Waals surface area (Å²) in [4.78, 5) is 28.5. The lowest BCUT2D eigenvalue weighted by Crippen LogP contribution is -2.52. The van der Waals surface area contributed by atoms with Crippen LogP contribution in [0.15, 0.2) is 83.8 Å². The molecule has 0 heterocycles. The molecular formula is C30H37N3O4S. The molecule has 0 aliphatic carbocycles. The van der Waals surface area contributed by atoms with Gasteiger partial charge in [-0.15, -0.1) is 0 Å². The molecular weight excluding hydrogens is 498 g/mol. The molecule has 2 atom stereocenters. The third kappa shape index (κ3) is 7.22. The molecule has 3 aromatic carbocycles. The summed E-state index contributed by atoms with van der Waals surface area (Å²) < 4.78 is 28.6. The van der Waals surface area contributed by atoms with E-state index in [1.807, 2.05) is 58.0 Å². The van der Waals surface area contributed by atoms with Gasteiger partial charge in [-0.25, -0.2) is 8.42 Å². The average molecular weight is 536 g/mol. The maximum absolute atomic E-state index is 13.9. The zero-order valence-corrected chi connectivity index (χ0v) is 23.5. The van der Waals surface area contributed by atoms with Crippen molar-refractivity contribution in [3.63, 3.8) is 0 Å². The van der Waals surface area contributed by atoms with Crippen molar-refractivity contribution in [1.82, 2.24) is 10.2 Å². The number of rotatable bonds is 11. The van der Waals surface area contributed by atoms with Crippen molar-refractivity contribution >= 4 is 27.5 Å². The van der Waals surface area contributed by atoms with E-state index >= 15 is 0 Å². The Labute approximate surface area is 226 Å². The molecule has 3 rings (SSSR count). The maximum Gasteiger partial charge on any atom is 0.264 e. The molecule has 38 heavy (non-hydrogen) atoms. The van der Waals surface area contributed by atoms with E-state index < -0.39 is 28.5 Å². The third-order valence-corrected chi connectivity index (χ3v) is 8.33. The van der Waals surface area contributed by atoms with Crippen LogP contribution in [0.3, 0.4) is 0 Å². The normalized spacial score (nSPS) is 12.9. The summed E-state index contributed by atoms with van der Waals surface area (Å²) in [6, 6.07) is 21.9. The van der Waals surface area contributed by atoms with Crippen LogP contribution in [0.2, 0.25) is 0 Å². The van der Waals surface area contributed by atoms with Crippen LogP contribution in [-0.4, -0.2) is 43.8 Å². The molecule has 0 bridgehead atoms. The van der Waals surface area contributed by atoms with Gasteiger partial charge >= 0.3 is 0 Å². The van der Waals surface area contributed by atoms with E-state index in [1.54, 1.807) is 43.3 Å². The molecule has 0 saturated heterocycles. The summed E-state index contributed by atoms with van der Waals surface area (Å²) in [7, 11) is -4.06. The lowest BCUT2D eigenvalue weighted by Gasteiger charge is -2.32. The second kappa shape index (κ2) is 12.7. The fraction of sp³-hybridized carbons (Fsp3) is 0.333. The number of benzene rings is 3. The summed E-state index contributed by atoms with van der Waals surface area (Å²) in [6.45, 7) is 9.11. The van der Waals surface area contributed by atoms with Gasteiger partial charge < -0.3 is 10.2 Å². The molecule has 0 radical (unpaired) electrons. The summed E-state index contributed by atoms with van der Waals surface area (Å²) >= 11 is 0. The molecule has 2 amide bonds. The number of nitrogens with zero attached hydrogens (tertiary/aromatic N) is 2. The molecule has 8 heteroatoms. The number of hydrogen-bond donors (Lipinski definition) is 1. The quantitative estimate of drug-likeness (QED) is 0.381. The van der Waals surface area contributed by atoms with Crippen LogP contribution in [-0.2, 0) is 26.2 Å². The minimum absolute atomic E-state index is 0.0523. The molecule has 0 aliphatic rings. The number of anilines is 1. The van der Waals surface area contributed by atoms with Gasteiger partial charge in [0.25, 0.3) is 10.0 Å². The minimum Gasteiger partial charge on any atom is -0.352 e. The zero-order chi connectivity index (χ0) is 27.9. The smallest absolute Gasteiger partial charge is 0.264 e. The summed E-state index contributed by atoms with van der Waals surface area (Å²) in [6.07, 6.45) is 0.751. The third-order valence-electron chi connectivity index (χ3n) is 6.54. The van der Waals surface area contributed by atoms with Gasteiger partial charge in [-0.2, -0.15) is 0 Å². The van der Waals surface area contributed by atoms with E-state index in [0.29, 0.717) is 5.69 Å². The number of hydrogen-bond acceptors (Lipinski definition) is 4. The second-order valence-corrected chi connectivity index (χ2v) is 11.5. The van der Waals surface area contributed by atoms with Crippen molar-refractivity contribution in [2.75, 3.05) is 10.8 Å². The first kappa shape index (κ1) is 28.9. The fourth-order valence-corrected chi connectivity index (χ4v) is 5.40.